The van der Waals surface area contributed by atoms with Crippen LogP contribution in [0.2, 0.25) is 0 Å². The van der Waals surface area contributed by atoms with Gasteiger partial charge in [-0.2, -0.15) is 0 Å². The Hall–Kier alpha value is -1.22. The van der Waals surface area contributed by atoms with Gasteiger partial charge >= 0.3 is 0 Å². The maximum atomic E-state index is 13.5. The van der Waals surface area contributed by atoms with E-state index in [0.29, 0.717) is 12.0 Å². The third kappa shape index (κ3) is 3.13. The fourth-order valence-electron chi connectivity index (χ4n) is 1.69. The van der Waals surface area contributed by atoms with E-state index in [1.807, 2.05) is 30.3 Å². The van der Waals surface area contributed by atoms with Crippen molar-refractivity contribution in [1.82, 2.24) is 0 Å². The molecular formula is C14H11BrF2. The third-order valence-electron chi connectivity index (χ3n) is 2.56. The highest BCUT2D eigenvalue weighted by Crippen LogP contribution is 2.29. The highest BCUT2D eigenvalue weighted by molar-refractivity contribution is 9.09. The summed E-state index contributed by atoms with van der Waals surface area (Å²) >= 11 is 3.44. The molecule has 2 aromatic carbocycles. The second-order valence-electron chi connectivity index (χ2n) is 3.82. The van der Waals surface area contributed by atoms with Crippen LogP contribution in [0.3, 0.4) is 0 Å². The van der Waals surface area contributed by atoms with E-state index in [4.69, 9.17) is 0 Å². The predicted octanol–water partition coefficient (Wildman–Crippen LogP) is 4.64. The van der Waals surface area contributed by atoms with Crippen molar-refractivity contribution < 1.29 is 8.78 Å². The van der Waals surface area contributed by atoms with Gasteiger partial charge in [0.2, 0.25) is 0 Å². The lowest BCUT2D eigenvalue weighted by atomic mass is 10.0. The van der Waals surface area contributed by atoms with Crippen molar-refractivity contribution in [2.45, 2.75) is 11.2 Å². The van der Waals surface area contributed by atoms with E-state index in [0.717, 1.165) is 11.6 Å². The van der Waals surface area contributed by atoms with E-state index in [2.05, 4.69) is 15.9 Å². The zero-order valence-corrected chi connectivity index (χ0v) is 10.6. The zero-order chi connectivity index (χ0) is 12.3. The maximum absolute atomic E-state index is 13.5. The van der Waals surface area contributed by atoms with Crippen LogP contribution in [0.15, 0.2) is 48.5 Å². The van der Waals surface area contributed by atoms with Gasteiger partial charge in [0.25, 0.3) is 0 Å². The number of hydrogen-bond acceptors (Lipinski definition) is 0. The Morgan fingerprint density at radius 1 is 1.00 bits per heavy atom. The first kappa shape index (κ1) is 12.2. The summed E-state index contributed by atoms with van der Waals surface area (Å²) in [6.07, 6.45) is 0.670. The molecule has 0 aliphatic heterocycles. The maximum Gasteiger partial charge on any atom is 0.130 e. The van der Waals surface area contributed by atoms with Crippen molar-refractivity contribution >= 4 is 15.9 Å². The van der Waals surface area contributed by atoms with E-state index < -0.39 is 11.6 Å². The monoisotopic (exact) mass is 296 g/mol. The molecule has 0 spiro atoms. The number of rotatable bonds is 3. The largest absolute Gasteiger partial charge is 0.207 e. The van der Waals surface area contributed by atoms with Crippen LogP contribution in [-0.2, 0) is 6.42 Å². The average Bonchev–Trinajstić information content (AvgIpc) is 2.30. The lowest BCUT2D eigenvalue weighted by molar-refractivity contribution is 0.571. The molecule has 0 aromatic heterocycles. The molecule has 0 nitrogen and oxygen atoms in total. The van der Waals surface area contributed by atoms with E-state index in [9.17, 15) is 8.78 Å². The average molecular weight is 297 g/mol. The standard InChI is InChI=1S/C14H11BrF2/c15-13(8-10-4-2-1-3-5-10)12-7-6-11(16)9-14(12)17/h1-7,9,13H,8H2. The van der Waals surface area contributed by atoms with Crippen molar-refractivity contribution in [2.24, 2.45) is 0 Å². The molecule has 0 radical (unpaired) electrons. The van der Waals surface area contributed by atoms with Crippen LogP contribution in [0.1, 0.15) is 16.0 Å². The quantitative estimate of drug-likeness (QED) is 0.724. The molecule has 88 valence electrons. The molecule has 0 N–H and O–H groups in total. The molecule has 0 saturated heterocycles. The molecule has 17 heavy (non-hydrogen) atoms. The number of benzene rings is 2. The summed E-state index contributed by atoms with van der Waals surface area (Å²) in [5.41, 5.74) is 1.59. The first-order valence-electron chi connectivity index (χ1n) is 5.30. The van der Waals surface area contributed by atoms with Gasteiger partial charge in [0, 0.05) is 16.5 Å². The Labute approximate surface area is 107 Å². The summed E-state index contributed by atoms with van der Waals surface area (Å²) in [7, 11) is 0. The minimum absolute atomic E-state index is 0.148. The molecule has 2 rings (SSSR count). The Bertz CT molecular complexity index is 497. The van der Waals surface area contributed by atoms with Crippen molar-refractivity contribution in [3.05, 3.63) is 71.3 Å². The summed E-state index contributed by atoms with van der Waals surface area (Å²) in [4.78, 5) is -0.148. The van der Waals surface area contributed by atoms with E-state index in [1.165, 1.54) is 12.1 Å². The molecule has 1 atom stereocenters. The topological polar surface area (TPSA) is 0 Å². The summed E-state index contributed by atoms with van der Waals surface area (Å²) in [5, 5.41) is 0. The molecule has 0 aliphatic carbocycles. The molecule has 0 bridgehead atoms. The normalized spacial score (nSPS) is 12.4. The van der Waals surface area contributed by atoms with Gasteiger partial charge in [0.05, 0.1) is 0 Å². The van der Waals surface area contributed by atoms with Gasteiger partial charge in [0.15, 0.2) is 0 Å². The van der Waals surface area contributed by atoms with Crippen LogP contribution in [0, 0.1) is 11.6 Å². The second kappa shape index (κ2) is 5.41. The fraction of sp³-hybridized carbons (Fsp3) is 0.143. The minimum Gasteiger partial charge on any atom is -0.207 e. The molecule has 2 aromatic rings. The van der Waals surface area contributed by atoms with Crippen molar-refractivity contribution in [3.63, 3.8) is 0 Å². The first-order valence-corrected chi connectivity index (χ1v) is 6.21. The number of alkyl halides is 1. The molecule has 0 heterocycles. The van der Waals surface area contributed by atoms with Gasteiger partial charge in [-0.25, -0.2) is 8.78 Å². The fourth-order valence-corrected chi connectivity index (χ4v) is 2.43. The van der Waals surface area contributed by atoms with Crippen LogP contribution in [-0.4, -0.2) is 0 Å². The van der Waals surface area contributed by atoms with Crippen molar-refractivity contribution in [3.8, 4) is 0 Å². The Morgan fingerprint density at radius 3 is 2.35 bits per heavy atom. The molecule has 3 heteroatoms. The van der Waals surface area contributed by atoms with E-state index in [-0.39, 0.29) is 4.83 Å². The SMILES string of the molecule is Fc1ccc(C(Br)Cc2ccccc2)c(F)c1. The molecule has 1 unspecified atom stereocenters. The summed E-state index contributed by atoms with van der Waals surface area (Å²) in [6.45, 7) is 0. The molecule has 0 fully saturated rings. The van der Waals surface area contributed by atoms with Gasteiger partial charge in [-0.1, -0.05) is 52.3 Å². The van der Waals surface area contributed by atoms with Crippen LogP contribution < -0.4 is 0 Å². The lowest BCUT2D eigenvalue weighted by Crippen LogP contribution is -1.99. The van der Waals surface area contributed by atoms with Crippen LogP contribution in [0.5, 0.6) is 0 Å². The molecule has 0 amide bonds. The lowest BCUT2D eigenvalue weighted by Gasteiger charge is -2.11. The van der Waals surface area contributed by atoms with Crippen LogP contribution in [0.25, 0.3) is 0 Å². The summed E-state index contributed by atoms with van der Waals surface area (Å²) < 4.78 is 26.3. The number of hydrogen-bond donors (Lipinski definition) is 0. The summed E-state index contributed by atoms with van der Waals surface area (Å²) in [6, 6.07) is 13.4. The minimum atomic E-state index is -0.550. The van der Waals surface area contributed by atoms with E-state index >= 15 is 0 Å². The summed E-state index contributed by atoms with van der Waals surface area (Å²) in [5.74, 6) is -1.06. The smallest absolute Gasteiger partial charge is 0.130 e. The Kier molecular flexibility index (Phi) is 3.89. The van der Waals surface area contributed by atoms with Gasteiger partial charge in [0.1, 0.15) is 11.6 Å². The van der Waals surface area contributed by atoms with Crippen LogP contribution in [0.4, 0.5) is 8.78 Å². The Morgan fingerprint density at radius 2 is 1.71 bits per heavy atom. The molecule has 0 aliphatic rings. The van der Waals surface area contributed by atoms with E-state index in [1.54, 1.807) is 0 Å². The Balaban J connectivity index is 2.17. The van der Waals surface area contributed by atoms with Gasteiger partial charge in [-0.15, -0.1) is 0 Å². The van der Waals surface area contributed by atoms with Crippen LogP contribution >= 0.6 is 15.9 Å². The van der Waals surface area contributed by atoms with Crippen molar-refractivity contribution in [2.75, 3.05) is 0 Å². The van der Waals surface area contributed by atoms with Gasteiger partial charge in [-0.3, -0.25) is 0 Å². The molecule has 0 saturated carbocycles. The third-order valence-corrected chi connectivity index (χ3v) is 3.37. The highest BCUT2D eigenvalue weighted by atomic mass is 79.9. The van der Waals surface area contributed by atoms with Gasteiger partial charge in [-0.05, 0) is 18.1 Å². The van der Waals surface area contributed by atoms with Gasteiger partial charge < -0.3 is 0 Å². The predicted molar refractivity (Wildman–Crippen MR) is 68.2 cm³/mol. The second-order valence-corrected chi connectivity index (χ2v) is 4.93. The van der Waals surface area contributed by atoms with Crippen molar-refractivity contribution in [1.29, 1.82) is 0 Å². The molecular weight excluding hydrogens is 286 g/mol. The first-order chi connectivity index (χ1) is 8.16. The number of halogens is 3. The highest BCUT2D eigenvalue weighted by Gasteiger charge is 2.13. The zero-order valence-electron chi connectivity index (χ0n) is 9.04.